The number of anilines is 1. The van der Waals surface area contributed by atoms with Gasteiger partial charge in [0.15, 0.2) is 0 Å². The summed E-state index contributed by atoms with van der Waals surface area (Å²) in [5.74, 6) is 1.11. The van der Waals surface area contributed by atoms with Gasteiger partial charge in [-0.2, -0.15) is 0 Å². The Bertz CT molecular complexity index is 1010. The lowest BCUT2D eigenvalue weighted by molar-refractivity contribution is -0.121. The van der Waals surface area contributed by atoms with Gasteiger partial charge in [-0.05, 0) is 43.2 Å². The monoisotopic (exact) mass is 376 g/mol. The predicted molar refractivity (Wildman–Crippen MR) is 109 cm³/mol. The maximum atomic E-state index is 12.3. The number of aryl methyl sites for hydroxylation is 2. The first-order chi connectivity index (χ1) is 13.6. The molecule has 4 rings (SSSR count). The van der Waals surface area contributed by atoms with Crippen LogP contribution in [0.3, 0.4) is 0 Å². The summed E-state index contributed by atoms with van der Waals surface area (Å²) in [7, 11) is 0. The number of hydrogen-bond acceptors (Lipinski definition) is 3. The number of nitrogens with one attached hydrogen (secondary N) is 1. The highest BCUT2D eigenvalue weighted by Gasteiger charge is 2.21. The number of aromatic nitrogens is 2. The third kappa shape index (κ3) is 3.76. The molecule has 28 heavy (non-hydrogen) atoms. The molecule has 1 fully saturated rings. The third-order valence-electron chi connectivity index (χ3n) is 5.22. The molecule has 0 atom stereocenters. The van der Waals surface area contributed by atoms with E-state index in [2.05, 4.69) is 14.9 Å². The van der Waals surface area contributed by atoms with Crippen LogP contribution < -0.4 is 10.2 Å². The minimum absolute atomic E-state index is 0.0102. The quantitative estimate of drug-likeness (QED) is 0.718. The number of para-hydroxylation sites is 2. The highest BCUT2D eigenvalue weighted by atomic mass is 16.2. The first kappa shape index (κ1) is 18.2. The molecule has 1 aliphatic heterocycles. The number of rotatable bonds is 6. The van der Waals surface area contributed by atoms with Crippen molar-refractivity contribution in [2.75, 3.05) is 11.4 Å². The van der Waals surface area contributed by atoms with Gasteiger partial charge in [0, 0.05) is 38.2 Å². The molecule has 0 unspecified atom stereocenters. The van der Waals surface area contributed by atoms with Crippen LogP contribution in [-0.2, 0) is 22.7 Å². The van der Waals surface area contributed by atoms with Gasteiger partial charge in [-0.3, -0.25) is 9.59 Å². The molecule has 0 bridgehead atoms. The van der Waals surface area contributed by atoms with Crippen molar-refractivity contribution in [1.82, 2.24) is 14.9 Å². The van der Waals surface area contributed by atoms with E-state index in [1.807, 2.05) is 60.4 Å². The van der Waals surface area contributed by atoms with Crippen molar-refractivity contribution < 1.29 is 9.59 Å². The summed E-state index contributed by atoms with van der Waals surface area (Å²) in [4.78, 5) is 30.4. The fourth-order valence-corrected chi connectivity index (χ4v) is 3.70. The predicted octanol–water partition coefficient (Wildman–Crippen LogP) is 3.18. The Morgan fingerprint density at radius 1 is 1.14 bits per heavy atom. The van der Waals surface area contributed by atoms with Crippen LogP contribution in [0.25, 0.3) is 11.0 Å². The number of amides is 2. The van der Waals surface area contributed by atoms with E-state index in [1.165, 1.54) is 0 Å². The zero-order valence-corrected chi connectivity index (χ0v) is 16.0. The number of fused-ring (bicyclic) bond motifs is 1. The Hall–Kier alpha value is -3.15. The summed E-state index contributed by atoms with van der Waals surface area (Å²) in [5.41, 5.74) is 3.96. The highest BCUT2D eigenvalue weighted by Crippen LogP contribution is 2.21. The molecule has 0 spiro atoms. The lowest BCUT2D eigenvalue weighted by Crippen LogP contribution is -2.25. The Balaban J connectivity index is 1.31. The van der Waals surface area contributed by atoms with Crippen molar-refractivity contribution in [2.45, 2.75) is 39.3 Å². The summed E-state index contributed by atoms with van der Waals surface area (Å²) in [6.07, 6.45) is 1.95. The molecule has 1 saturated heterocycles. The van der Waals surface area contributed by atoms with Crippen LogP contribution in [0, 0.1) is 6.92 Å². The van der Waals surface area contributed by atoms with Gasteiger partial charge < -0.3 is 14.8 Å². The van der Waals surface area contributed by atoms with E-state index in [-0.39, 0.29) is 11.8 Å². The molecule has 2 amide bonds. The average molecular weight is 376 g/mol. The van der Waals surface area contributed by atoms with Crippen molar-refractivity contribution in [3.63, 3.8) is 0 Å². The normalized spacial score (nSPS) is 14.0. The lowest BCUT2D eigenvalue weighted by Gasteiger charge is -2.16. The van der Waals surface area contributed by atoms with Crippen molar-refractivity contribution in [3.05, 3.63) is 59.9 Å². The summed E-state index contributed by atoms with van der Waals surface area (Å²) < 4.78 is 2.08. The van der Waals surface area contributed by atoms with E-state index in [0.29, 0.717) is 25.9 Å². The van der Waals surface area contributed by atoms with E-state index in [1.54, 1.807) is 0 Å². The van der Waals surface area contributed by atoms with E-state index >= 15 is 0 Å². The number of carbonyl (C=O) groups excluding carboxylic acids is 2. The summed E-state index contributed by atoms with van der Waals surface area (Å²) in [6.45, 7) is 3.84. The Labute approximate surface area is 164 Å². The number of carbonyl (C=O) groups is 2. The second-order valence-corrected chi connectivity index (χ2v) is 7.14. The minimum atomic E-state index is 0.0102. The average Bonchev–Trinajstić information content (AvgIpc) is 3.27. The topological polar surface area (TPSA) is 67.2 Å². The Kier molecular flexibility index (Phi) is 5.10. The smallest absolute Gasteiger partial charge is 0.227 e. The van der Waals surface area contributed by atoms with Crippen LogP contribution in [0.5, 0.6) is 0 Å². The fourth-order valence-electron chi connectivity index (χ4n) is 3.70. The van der Waals surface area contributed by atoms with Gasteiger partial charge in [-0.25, -0.2) is 4.98 Å². The third-order valence-corrected chi connectivity index (χ3v) is 5.22. The Morgan fingerprint density at radius 3 is 2.68 bits per heavy atom. The van der Waals surface area contributed by atoms with Crippen molar-refractivity contribution in [1.29, 1.82) is 0 Å². The standard InChI is InChI=1S/C22H24N4O2/c1-16-24-19-5-2-3-6-20(19)25(16)14-12-21(27)23-15-17-8-10-18(11-9-17)26-13-4-7-22(26)28/h2-3,5-6,8-11H,4,7,12-15H2,1H3,(H,23,27). The van der Waals surface area contributed by atoms with Crippen molar-refractivity contribution in [2.24, 2.45) is 0 Å². The summed E-state index contributed by atoms with van der Waals surface area (Å²) in [5, 5.41) is 2.97. The number of hydrogen-bond donors (Lipinski definition) is 1. The molecule has 1 N–H and O–H groups in total. The summed E-state index contributed by atoms with van der Waals surface area (Å²) >= 11 is 0. The molecule has 2 aromatic carbocycles. The second-order valence-electron chi connectivity index (χ2n) is 7.14. The largest absolute Gasteiger partial charge is 0.352 e. The zero-order chi connectivity index (χ0) is 19.5. The lowest BCUT2D eigenvalue weighted by atomic mass is 10.2. The number of imidazole rings is 1. The van der Waals surface area contributed by atoms with E-state index in [4.69, 9.17) is 0 Å². The van der Waals surface area contributed by atoms with Crippen LogP contribution in [0.4, 0.5) is 5.69 Å². The maximum absolute atomic E-state index is 12.3. The molecule has 1 aromatic heterocycles. The Morgan fingerprint density at radius 2 is 1.93 bits per heavy atom. The molecule has 6 nitrogen and oxygen atoms in total. The van der Waals surface area contributed by atoms with Crippen molar-refractivity contribution >= 4 is 28.5 Å². The molecule has 0 aliphatic carbocycles. The number of nitrogens with zero attached hydrogens (tertiary/aromatic N) is 3. The summed E-state index contributed by atoms with van der Waals surface area (Å²) in [6, 6.07) is 15.8. The van der Waals surface area contributed by atoms with Gasteiger partial charge in [0.2, 0.25) is 11.8 Å². The molecular weight excluding hydrogens is 352 g/mol. The molecule has 0 radical (unpaired) electrons. The minimum Gasteiger partial charge on any atom is -0.352 e. The second kappa shape index (κ2) is 7.84. The van der Waals surface area contributed by atoms with Crippen LogP contribution in [0.15, 0.2) is 48.5 Å². The van der Waals surface area contributed by atoms with Gasteiger partial charge in [0.25, 0.3) is 0 Å². The van der Waals surface area contributed by atoms with Crippen LogP contribution in [0.2, 0.25) is 0 Å². The van der Waals surface area contributed by atoms with Gasteiger partial charge >= 0.3 is 0 Å². The van der Waals surface area contributed by atoms with Crippen LogP contribution in [0.1, 0.15) is 30.7 Å². The van der Waals surface area contributed by atoms with E-state index in [9.17, 15) is 9.59 Å². The van der Waals surface area contributed by atoms with Crippen LogP contribution >= 0.6 is 0 Å². The molecule has 3 aromatic rings. The van der Waals surface area contributed by atoms with Crippen molar-refractivity contribution in [3.8, 4) is 0 Å². The zero-order valence-electron chi connectivity index (χ0n) is 16.0. The van der Waals surface area contributed by atoms with Gasteiger partial charge in [-0.1, -0.05) is 24.3 Å². The molecule has 144 valence electrons. The van der Waals surface area contributed by atoms with Crippen LogP contribution in [-0.4, -0.2) is 27.9 Å². The van der Waals surface area contributed by atoms with Gasteiger partial charge in [-0.15, -0.1) is 0 Å². The van der Waals surface area contributed by atoms with Gasteiger partial charge in [0.1, 0.15) is 5.82 Å². The van der Waals surface area contributed by atoms with E-state index in [0.717, 1.165) is 41.1 Å². The molecule has 0 saturated carbocycles. The first-order valence-corrected chi connectivity index (χ1v) is 9.70. The van der Waals surface area contributed by atoms with Gasteiger partial charge in [0.05, 0.1) is 11.0 Å². The molecular formula is C22H24N4O2. The SMILES string of the molecule is Cc1nc2ccccc2n1CCC(=O)NCc1ccc(N2CCCC2=O)cc1. The van der Waals surface area contributed by atoms with E-state index < -0.39 is 0 Å². The first-order valence-electron chi connectivity index (χ1n) is 9.70. The molecule has 1 aliphatic rings. The number of benzene rings is 2. The highest BCUT2D eigenvalue weighted by molar-refractivity contribution is 5.95. The molecule has 6 heteroatoms. The maximum Gasteiger partial charge on any atom is 0.227 e. The fraction of sp³-hybridized carbons (Fsp3) is 0.318. The molecule has 2 heterocycles.